The molecule has 1 aliphatic rings. The van der Waals surface area contributed by atoms with Crippen LogP contribution in [-0.2, 0) is 6.42 Å². The van der Waals surface area contributed by atoms with Crippen molar-refractivity contribution in [3.63, 3.8) is 0 Å². The second-order valence-corrected chi connectivity index (χ2v) is 3.91. The maximum atomic E-state index is 6.06. The standard InChI is InChI=1S/C11H15N.ClH/c1-7-3-4-9-6-8(2)11(12)10(9)5-7;/h3-5,8,11H,6,12H2,1-2H3;1H/t8-,11?;/m0./s1. The number of rotatable bonds is 0. The lowest BCUT2D eigenvalue weighted by atomic mass is 10.0. The van der Waals surface area contributed by atoms with Crippen molar-refractivity contribution >= 4 is 12.4 Å². The lowest BCUT2D eigenvalue weighted by Gasteiger charge is -2.09. The largest absolute Gasteiger partial charge is 0.324 e. The van der Waals surface area contributed by atoms with Gasteiger partial charge < -0.3 is 5.73 Å². The molecule has 0 saturated heterocycles. The molecule has 1 nitrogen and oxygen atoms in total. The summed E-state index contributed by atoms with van der Waals surface area (Å²) < 4.78 is 0. The van der Waals surface area contributed by atoms with Gasteiger partial charge in [0, 0.05) is 6.04 Å². The molecule has 1 aliphatic carbocycles. The number of hydrogen-bond acceptors (Lipinski definition) is 1. The van der Waals surface area contributed by atoms with Crippen molar-refractivity contribution in [3.05, 3.63) is 34.9 Å². The Kier molecular flexibility index (Phi) is 2.99. The second kappa shape index (κ2) is 3.69. The van der Waals surface area contributed by atoms with E-state index in [2.05, 4.69) is 32.0 Å². The quantitative estimate of drug-likeness (QED) is 0.680. The summed E-state index contributed by atoms with van der Waals surface area (Å²) in [5.74, 6) is 0.613. The number of nitrogens with two attached hydrogens (primary N) is 1. The minimum Gasteiger partial charge on any atom is -0.324 e. The van der Waals surface area contributed by atoms with Crippen molar-refractivity contribution in [2.45, 2.75) is 26.3 Å². The summed E-state index contributed by atoms with van der Waals surface area (Å²) in [6.07, 6.45) is 1.15. The fourth-order valence-electron chi connectivity index (χ4n) is 1.99. The SMILES string of the molecule is Cc1ccc2c(c1)C(N)[C@@H](C)C2.Cl. The summed E-state index contributed by atoms with van der Waals surface area (Å²) in [5, 5.41) is 0. The van der Waals surface area contributed by atoms with Gasteiger partial charge in [0.05, 0.1) is 0 Å². The third kappa shape index (κ3) is 1.72. The number of benzene rings is 1. The first-order valence-corrected chi connectivity index (χ1v) is 4.53. The van der Waals surface area contributed by atoms with E-state index in [0.29, 0.717) is 5.92 Å². The Bertz CT molecular complexity index is 309. The summed E-state index contributed by atoms with van der Waals surface area (Å²) in [4.78, 5) is 0. The fraction of sp³-hybridized carbons (Fsp3) is 0.455. The molecule has 0 heterocycles. The van der Waals surface area contributed by atoms with Gasteiger partial charge in [-0.05, 0) is 30.4 Å². The molecule has 0 spiro atoms. The predicted octanol–water partition coefficient (Wildman–Crippen LogP) is 2.61. The lowest BCUT2D eigenvalue weighted by molar-refractivity contribution is 0.513. The van der Waals surface area contributed by atoms with Gasteiger partial charge in [0.2, 0.25) is 0 Å². The maximum absolute atomic E-state index is 6.06. The van der Waals surface area contributed by atoms with Crippen LogP contribution in [-0.4, -0.2) is 0 Å². The Hall–Kier alpha value is -0.530. The van der Waals surface area contributed by atoms with Crippen molar-refractivity contribution in [1.29, 1.82) is 0 Å². The zero-order chi connectivity index (χ0) is 8.72. The van der Waals surface area contributed by atoms with E-state index in [1.54, 1.807) is 0 Å². The minimum atomic E-state index is 0. The van der Waals surface area contributed by atoms with Gasteiger partial charge in [-0.25, -0.2) is 0 Å². The Morgan fingerprint density at radius 1 is 1.38 bits per heavy atom. The minimum absolute atomic E-state index is 0. The van der Waals surface area contributed by atoms with Gasteiger partial charge in [0.25, 0.3) is 0 Å². The van der Waals surface area contributed by atoms with Crippen molar-refractivity contribution < 1.29 is 0 Å². The van der Waals surface area contributed by atoms with Gasteiger partial charge in [-0.2, -0.15) is 0 Å². The highest BCUT2D eigenvalue weighted by molar-refractivity contribution is 5.85. The van der Waals surface area contributed by atoms with E-state index in [1.165, 1.54) is 16.7 Å². The molecule has 2 heteroatoms. The Morgan fingerprint density at radius 3 is 2.77 bits per heavy atom. The van der Waals surface area contributed by atoms with Crippen LogP contribution in [0.5, 0.6) is 0 Å². The normalized spacial score (nSPS) is 25.2. The molecule has 0 radical (unpaired) electrons. The number of halogens is 1. The lowest BCUT2D eigenvalue weighted by Crippen LogP contribution is -2.13. The smallest absolute Gasteiger partial charge is 0.0326 e. The monoisotopic (exact) mass is 197 g/mol. The predicted molar refractivity (Wildman–Crippen MR) is 58.2 cm³/mol. The van der Waals surface area contributed by atoms with E-state index in [-0.39, 0.29) is 18.4 Å². The highest BCUT2D eigenvalue weighted by Crippen LogP contribution is 2.34. The van der Waals surface area contributed by atoms with E-state index >= 15 is 0 Å². The highest BCUT2D eigenvalue weighted by Gasteiger charge is 2.25. The molecule has 13 heavy (non-hydrogen) atoms. The molecule has 0 bridgehead atoms. The van der Waals surface area contributed by atoms with Gasteiger partial charge in [-0.1, -0.05) is 30.7 Å². The van der Waals surface area contributed by atoms with Crippen LogP contribution in [0.25, 0.3) is 0 Å². The Morgan fingerprint density at radius 2 is 2.08 bits per heavy atom. The van der Waals surface area contributed by atoms with Gasteiger partial charge in [0.15, 0.2) is 0 Å². The van der Waals surface area contributed by atoms with Crippen LogP contribution in [0, 0.1) is 12.8 Å². The molecule has 0 saturated carbocycles. The Balaban J connectivity index is 0.000000845. The van der Waals surface area contributed by atoms with Crippen LogP contribution in [0.2, 0.25) is 0 Å². The van der Waals surface area contributed by atoms with Crippen LogP contribution in [0.15, 0.2) is 18.2 Å². The first kappa shape index (κ1) is 10.6. The summed E-state index contributed by atoms with van der Waals surface area (Å²) in [7, 11) is 0. The van der Waals surface area contributed by atoms with Crippen LogP contribution in [0.1, 0.15) is 29.7 Å². The molecular weight excluding hydrogens is 182 g/mol. The van der Waals surface area contributed by atoms with Crippen molar-refractivity contribution in [1.82, 2.24) is 0 Å². The van der Waals surface area contributed by atoms with Crippen molar-refractivity contribution in [3.8, 4) is 0 Å². The molecule has 2 N–H and O–H groups in total. The van der Waals surface area contributed by atoms with E-state index in [0.717, 1.165) is 6.42 Å². The van der Waals surface area contributed by atoms with E-state index in [4.69, 9.17) is 5.73 Å². The average molecular weight is 198 g/mol. The third-order valence-corrected chi connectivity index (χ3v) is 2.82. The molecule has 72 valence electrons. The van der Waals surface area contributed by atoms with Crippen molar-refractivity contribution in [2.24, 2.45) is 11.7 Å². The Labute approximate surface area is 85.7 Å². The zero-order valence-corrected chi connectivity index (χ0v) is 8.90. The molecule has 0 aliphatic heterocycles. The van der Waals surface area contributed by atoms with E-state index < -0.39 is 0 Å². The fourth-order valence-corrected chi connectivity index (χ4v) is 1.99. The molecule has 0 amide bonds. The molecule has 1 aromatic rings. The maximum Gasteiger partial charge on any atom is 0.0326 e. The topological polar surface area (TPSA) is 26.0 Å². The third-order valence-electron chi connectivity index (χ3n) is 2.82. The van der Waals surface area contributed by atoms with Gasteiger partial charge in [-0.3, -0.25) is 0 Å². The van der Waals surface area contributed by atoms with E-state index in [9.17, 15) is 0 Å². The highest BCUT2D eigenvalue weighted by atomic mass is 35.5. The summed E-state index contributed by atoms with van der Waals surface area (Å²) >= 11 is 0. The number of aryl methyl sites for hydroxylation is 1. The van der Waals surface area contributed by atoms with Crippen LogP contribution in [0.3, 0.4) is 0 Å². The molecule has 0 fully saturated rings. The number of fused-ring (bicyclic) bond motifs is 1. The van der Waals surface area contributed by atoms with Gasteiger partial charge in [0.1, 0.15) is 0 Å². The molecule has 1 aromatic carbocycles. The molecule has 0 aromatic heterocycles. The average Bonchev–Trinajstić information content (AvgIpc) is 2.31. The van der Waals surface area contributed by atoms with Crippen LogP contribution in [0.4, 0.5) is 0 Å². The van der Waals surface area contributed by atoms with Crippen LogP contribution < -0.4 is 5.73 Å². The summed E-state index contributed by atoms with van der Waals surface area (Å²) in [6.45, 7) is 4.34. The second-order valence-electron chi connectivity index (χ2n) is 3.91. The van der Waals surface area contributed by atoms with E-state index in [1.807, 2.05) is 0 Å². The van der Waals surface area contributed by atoms with Gasteiger partial charge >= 0.3 is 0 Å². The summed E-state index contributed by atoms with van der Waals surface area (Å²) in [5.41, 5.74) is 10.2. The van der Waals surface area contributed by atoms with Gasteiger partial charge in [-0.15, -0.1) is 12.4 Å². The van der Waals surface area contributed by atoms with Crippen LogP contribution >= 0.6 is 12.4 Å². The molecule has 2 atom stereocenters. The van der Waals surface area contributed by atoms with Crippen molar-refractivity contribution in [2.75, 3.05) is 0 Å². The number of hydrogen-bond donors (Lipinski definition) is 1. The molecule has 2 rings (SSSR count). The molecule has 1 unspecified atom stereocenters. The first-order chi connectivity index (χ1) is 5.68. The first-order valence-electron chi connectivity index (χ1n) is 4.53. The zero-order valence-electron chi connectivity index (χ0n) is 8.08. The summed E-state index contributed by atoms with van der Waals surface area (Å²) in [6, 6.07) is 6.88. The molecular formula is C11H16ClN.